The van der Waals surface area contributed by atoms with E-state index in [2.05, 4.69) is 10.3 Å². The number of hydrogen-bond donors (Lipinski definition) is 2. The lowest BCUT2D eigenvalue weighted by atomic mass is 10.0. The van der Waals surface area contributed by atoms with Gasteiger partial charge < -0.3 is 10.4 Å². The van der Waals surface area contributed by atoms with Gasteiger partial charge in [-0.1, -0.05) is 19.9 Å². The molecule has 0 fully saturated rings. The fourth-order valence-corrected chi connectivity index (χ4v) is 2.95. The van der Waals surface area contributed by atoms with E-state index in [0.717, 1.165) is 10.6 Å². The number of nitrogens with one attached hydrogen (secondary N) is 1. The highest BCUT2D eigenvalue weighted by Crippen LogP contribution is 2.22. The van der Waals surface area contributed by atoms with Crippen LogP contribution in [-0.2, 0) is 5.75 Å². The molecule has 2 aromatic rings. The van der Waals surface area contributed by atoms with Gasteiger partial charge in [0.15, 0.2) is 0 Å². The zero-order valence-electron chi connectivity index (χ0n) is 14.1. The molecule has 2 rings (SSSR count). The summed E-state index contributed by atoms with van der Waals surface area (Å²) in [5.41, 5.74) is 1.81. The van der Waals surface area contributed by atoms with Gasteiger partial charge in [-0.05, 0) is 48.2 Å². The molecular weight excluding hydrogens is 320 g/mol. The Balaban J connectivity index is 1.79. The van der Waals surface area contributed by atoms with Gasteiger partial charge in [0, 0.05) is 35.2 Å². The fraction of sp³-hybridized carbons (Fsp3) is 0.368. The van der Waals surface area contributed by atoms with Crippen molar-refractivity contribution in [1.29, 1.82) is 0 Å². The number of rotatable bonds is 8. The van der Waals surface area contributed by atoms with Crippen molar-refractivity contribution in [2.75, 3.05) is 6.54 Å². The normalized spacial score (nSPS) is 12.2. The number of hydrogen-bond acceptors (Lipinski definition) is 4. The van der Waals surface area contributed by atoms with Crippen LogP contribution < -0.4 is 5.32 Å². The summed E-state index contributed by atoms with van der Waals surface area (Å²) < 4.78 is 0. The summed E-state index contributed by atoms with van der Waals surface area (Å²) in [5.74, 6) is 0.958. The third kappa shape index (κ3) is 5.98. The summed E-state index contributed by atoms with van der Waals surface area (Å²) in [6, 6.07) is 11.6. The molecule has 128 valence electrons. The lowest BCUT2D eigenvalue weighted by molar-refractivity contribution is 0.0920. The molecule has 0 spiro atoms. The Hall–Kier alpha value is -1.85. The second kappa shape index (κ2) is 9.45. The van der Waals surface area contributed by atoms with E-state index in [1.54, 1.807) is 18.0 Å². The number of pyridine rings is 1. The van der Waals surface area contributed by atoms with Crippen LogP contribution in [0.2, 0.25) is 0 Å². The van der Waals surface area contributed by atoms with E-state index in [1.165, 1.54) is 5.56 Å². The molecule has 24 heavy (non-hydrogen) atoms. The lowest BCUT2D eigenvalue weighted by Crippen LogP contribution is -2.28. The topological polar surface area (TPSA) is 62.2 Å². The predicted molar refractivity (Wildman–Crippen MR) is 98.0 cm³/mol. The van der Waals surface area contributed by atoms with Gasteiger partial charge in [0.05, 0.1) is 6.10 Å². The highest BCUT2D eigenvalue weighted by atomic mass is 32.2. The van der Waals surface area contributed by atoms with Crippen LogP contribution in [0.3, 0.4) is 0 Å². The maximum Gasteiger partial charge on any atom is 0.251 e. The van der Waals surface area contributed by atoms with E-state index in [4.69, 9.17) is 0 Å². The van der Waals surface area contributed by atoms with E-state index >= 15 is 0 Å². The highest BCUT2D eigenvalue weighted by molar-refractivity contribution is 7.98. The third-order valence-electron chi connectivity index (χ3n) is 3.74. The summed E-state index contributed by atoms with van der Waals surface area (Å²) in [7, 11) is 0. The SMILES string of the molecule is CC(C)C(O)CCNC(=O)c1ccc(SCc2cccnc2)cc1. The molecule has 4 nitrogen and oxygen atoms in total. The average molecular weight is 344 g/mol. The molecule has 0 saturated heterocycles. The van der Waals surface area contributed by atoms with Crippen LogP contribution in [0, 0.1) is 5.92 Å². The maximum absolute atomic E-state index is 12.1. The summed E-state index contributed by atoms with van der Waals surface area (Å²) in [5, 5.41) is 12.6. The Labute approximate surface area is 147 Å². The smallest absolute Gasteiger partial charge is 0.251 e. The molecule has 0 aliphatic heterocycles. The Morgan fingerprint density at radius 2 is 2.00 bits per heavy atom. The minimum absolute atomic E-state index is 0.102. The van der Waals surface area contributed by atoms with Gasteiger partial charge in [-0.3, -0.25) is 9.78 Å². The molecule has 1 amide bonds. The van der Waals surface area contributed by atoms with E-state index < -0.39 is 0 Å². The molecule has 1 atom stereocenters. The number of aliphatic hydroxyl groups excluding tert-OH is 1. The molecule has 1 unspecified atom stereocenters. The monoisotopic (exact) mass is 344 g/mol. The first kappa shape index (κ1) is 18.5. The van der Waals surface area contributed by atoms with Crippen LogP contribution in [0.4, 0.5) is 0 Å². The standard InChI is InChI=1S/C19H24N2O2S/c1-14(2)18(22)9-11-21-19(23)16-5-7-17(8-6-16)24-13-15-4-3-10-20-12-15/h3-8,10,12,14,18,22H,9,11,13H2,1-2H3,(H,21,23). The van der Waals surface area contributed by atoms with Crippen LogP contribution in [0.15, 0.2) is 53.7 Å². The number of carbonyl (C=O) groups excluding carboxylic acids is 1. The lowest BCUT2D eigenvalue weighted by Gasteiger charge is -2.14. The molecule has 0 saturated carbocycles. The summed E-state index contributed by atoms with van der Waals surface area (Å²) in [6.45, 7) is 4.42. The van der Waals surface area contributed by atoms with Crippen molar-refractivity contribution in [3.05, 3.63) is 59.9 Å². The molecule has 1 heterocycles. The van der Waals surface area contributed by atoms with Crippen molar-refractivity contribution >= 4 is 17.7 Å². The first-order valence-electron chi connectivity index (χ1n) is 8.14. The Morgan fingerprint density at radius 1 is 1.25 bits per heavy atom. The Bertz CT molecular complexity index is 630. The number of thioether (sulfide) groups is 1. The van der Waals surface area contributed by atoms with Gasteiger partial charge >= 0.3 is 0 Å². The minimum Gasteiger partial charge on any atom is -0.393 e. The van der Waals surface area contributed by atoms with E-state index in [9.17, 15) is 9.90 Å². The van der Waals surface area contributed by atoms with Gasteiger partial charge in [-0.15, -0.1) is 11.8 Å². The van der Waals surface area contributed by atoms with Crippen LogP contribution >= 0.6 is 11.8 Å². The number of aliphatic hydroxyl groups is 1. The molecular formula is C19H24N2O2S. The number of nitrogens with zero attached hydrogens (tertiary/aromatic N) is 1. The first-order valence-corrected chi connectivity index (χ1v) is 9.13. The van der Waals surface area contributed by atoms with E-state index in [1.807, 2.05) is 56.4 Å². The number of amides is 1. The number of aromatic nitrogens is 1. The molecule has 5 heteroatoms. The molecule has 0 aliphatic rings. The average Bonchev–Trinajstić information content (AvgIpc) is 2.61. The quantitative estimate of drug-likeness (QED) is 0.719. The van der Waals surface area contributed by atoms with Crippen molar-refractivity contribution in [3.8, 4) is 0 Å². The van der Waals surface area contributed by atoms with Crippen molar-refractivity contribution in [2.45, 2.75) is 37.0 Å². The molecule has 1 aromatic carbocycles. The zero-order chi connectivity index (χ0) is 17.4. The third-order valence-corrected chi connectivity index (χ3v) is 4.82. The zero-order valence-corrected chi connectivity index (χ0v) is 14.9. The minimum atomic E-state index is -0.378. The first-order chi connectivity index (χ1) is 11.6. The van der Waals surface area contributed by atoms with Crippen LogP contribution in [-0.4, -0.2) is 28.6 Å². The van der Waals surface area contributed by atoms with Crippen LogP contribution in [0.1, 0.15) is 36.2 Å². The van der Waals surface area contributed by atoms with Gasteiger partial charge in [-0.2, -0.15) is 0 Å². The fourth-order valence-electron chi connectivity index (χ4n) is 2.12. The van der Waals surface area contributed by atoms with E-state index in [0.29, 0.717) is 18.5 Å². The molecule has 0 aliphatic carbocycles. The molecule has 1 aromatic heterocycles. The number of carbonyl (C=O) groups is 1. The van der Waals surface area contributed by atoms with Gasteiger partial charge in [0.1, 0.15) is 0 Å². The van der Waals surface area contributed by atoms with Crippen molar-refractivity contribution in [1.82, 2.24) is 10.3 Å². The molecule has 0 bridgehead atoms. The predicted octanol–water partition coefficient (Wildman–Crippen LogP) is 3.51. The molecule has 0 radical (unpaired) electrons. The molecule has 2 N–H and O–H groups in total. The second-order valence-corrected chi connectivity index (χ2v) is 7.08. The number of benzene rings is 1. The van der Waals surface area contributed by atoms with Gasteiger partial charge in [0.2, 0.25) is 0 Å². The Morgan fingerprint density at radius 3 is 2.62 bits per heavy atom. The van der Waals surface area contributed by atoms with Crippen molar-refractivity contribution < 1.29 is 9.90 Å². The van der Waals surface area contributed by atoms with E-state index in [-0.39, 0.29) is 17.9 Å². The summed E-state index contributed by atoms with van der Waals surface area (Å²) >= 11 is 1.71. The summed E-state index contributed by atoms with van der Waals surface area (Å²) in [4.78, 5) is 17.3. The van der Waals surface area contributed by atoms with Gasteiger partial charge in [-0.25, -0.2) is 0 Å². The Kier molecular flexibility index (Phi) is 7.28. The summed E-state index contributed by atoms with van der Waals surface area (Å²) in [6.07, 6.45) is 3.82. The van der Waals surface area contributed by atoms with Crippen LogP contribution in [0.25, 0.3) is 0 Å². The van der Waals surface area contributed by atoms with Crippen LogP contribution in [0.5, 0.6) is 0 Å². The van der Waals surface area contributed by atoms with Crippen molar-refractivity contribution in [2.24, 2.45) is 5.92 Å². The van der Waals surface area contributed by atoms with Gasteiger partial charge in [0.25, 0.3) is 5.91 Å². The second-order valence-electron chi connectivity index (χ2n) is 6.03. The maximum atomic E-state index is 12.1. The highest BCUT2D eigenvalue weighted by Gasteiger charge is 2.10. The van der Waals surface area contributed by atoms with Crippen molar-refractivity contribution in [3.63, 3.8) is 0 Å². The largest absolute Gasteiger partial charge is 0.393 e.